The van der Waals surface area contributed by atoms with Crippen molar-refractivity contribution >= 4 is 5.97 Å². The van der Waals surface area contributed by atoms with Gasteiger partial charge in [-0.1, -0.05) is 6.07 Å². The molecule has 17 heavy (non-hydrogen) atoms. The number of hydrogen-bond acceptors (Lipinski definition) is 5. The molecule has 0 aromatic carbocycles. The predicted octanol–water partition coefficient (Wildman–Crippen LogP) is -0.216. The van der Waals surface area contributed by atoms with Crippen LogP contribution in [0.15, 0.2) is 18.3 Å². The van der Waals surface area contributed by atoms with E-state index in [0.29, 0.717) is 13.0 Å². The summed E-state index contributed by atoms with van der Waals surface area (Å²) in [5, 5.41) is 31.3. The number of aliphatic hydroxyl groups excluding tert-OH is 2. The van der Waals surface area contributed by atoms with Gasteiger partial charge in [-0.3, -0.25) is 0 Å². The molecular weight excluding hydrogens is 224 g/mol. The molecule has 6 nitrogen and oxygen atoms in total. The van der Waals surface area contributed by atoms with Crippen LogP contribution in [0.25, 0.3) is 0 Å². The van der Waals surface area contributed by atoms with Gasteiger partial charge in [0.2, 0.25) is 0 Å². The van der Waals surface area contributed by atoms with Gasteiger partial charge in [-0.05, 0) is 26.1 Å². The van der Waals surface area contributed by atoms with E-state index in [0.717, 1.165) is 0 Å². The Bertz CT molecular complexity index is 383. The summed E-state index contributed by atoms with van der Waals surface area (Å²) >= 11 is 0. The highest BCUT2D eigenvalue weighted by atomic mass is 16.4. The van der Waals surface area contributed by atoms with Gasteiger partial charge in [0.1, 0.15) is 6.10 Å². The van der Waals surface area contributed by atoms with Gasteiger partial charge in [-0.2, -0.15) is 0 Å². The number of carbonyl (C=O) groups is 1. The quantitative estimate of drug-likeness (QED) is 0.548. The van der Waals surface area contributed by atoms with Gasteiger partial charge in [0.25, 0.3) is 0 Å². The van der Waals surface area contributed by atoms with E-state index in [-0.39, 0.29) is 11.3 Å². The van der Waals surface area contributed by atoms with Gasteiger partial charge in [-0.25, -0.2) is 9.78 Å². The summed E-state index contributed by atoms with van der Waals surface area (Å²) < 4.78 is 0. The maximum Gasteiger partial charge on any atom is 0.354 e. The number of pyridine rings is 1. The molecule has 0 bridgehead atoms. The first-order valence-electron chi connectivity index (χ1n) is 5.27. The molecular formula is C11H16N2O4. The first-order chi connectivity index (χ1) is 8.07. The molecule has 0 aliphatic carbocycles. The molecule has 0 fully saturated rings. The SMILES string of the molecule is CNCCC(O)C(O)c1cccnc1C(=O)O. The third-order valence-electron chi connectivity index (χ3n) is 2.41. The normalized spacial score (nSPS) is 14.3. The fourth-order valence-corrected chi connectivity index (χ4v) is 1.49. The van der Waals surface area contributed by atoms with Crippen molar-refractivity contribution in [1.29, 1.82) is 0 Å². The molecule has 94 valence electrons. The highest BCUT2D eigenvalue weighted by Gasteiger charge is 2.23. The minimum Gasteiger partial charge on any atom is -0.477 e. The standard InChI is InChI=1S/C11H16N2O4/c1-12-6-4-8(14)10(15)7-3-2-5-13-9(7)11(16)17/h2-3,5,8,10,12,14-15H,4,6H2,1H3,(H,16,17). The molecule has 1 heterocycles. The van der Waals surface area contributed by atoms with Crippen LogP contribution in [0.1, 0.15) is 28.6 Å². The first-order valence-corrected chi connectivity index (χ1v) is 5.27. The Labute approximate surface area is 98.9 Å². The highest BCUT2D eigenvalue weighted by molar-refractivity contribution is 5.87. The van der Waals surface area contributed by atoms with Crippen LogP contribution in [0.2, 0.25) is 0 Å². The third-order valence-corrected chi connectivity index (χ3v) is 2.41. The number of hydrogen-bond donors (Lipinski definition) is 4. The molecule has 1 aromatic heterocycles. The molecule has 0 amide bonds. The third kappa shape index (κ3) is 3.48. The second-order valence-corrected chi connectivity index (χ2v) is 3.65. The molecule has 0 saturated heterocycles. The Kier molecular flexibility index (Phi) is 5.02. The molecule has 0 aliphatic rings. The lowest BCUT2D eigenvalue weighted by molar-refractivity contribution is 0.0128. The monoisotopic (exact) mass is 240 g/mol. The second-order valence-electron chi connectivity index (χ2n) is 3.65. The zero-order valence-electron chi connectivity index (χ0n) is 9.50. The summed E-state index contributed by atoms with van der Waals surface area (Å²) in [4.78, 5) is 14.6. The smallest absolute Gasteiger partial charge is 0.354 e. The fourth-order valence-electron chi connectivity index (χ4n) is 1.49. The number of nitrogens with zero attached hydrogens (tertiary/aromatic N) is 1. The minimum atomic E-state index is -1.25. The van der Waals surface area contributed by atoms with Crippen molar-refractivity contribution in [3.63, 3.8) is 0 Å². The molecule has 2 atom stereocenters. The van der Waals surface area contributed by atoms with E-state index in [2.05, 4.69) is 10.3 Å². The van der Waals surface area contributed by atoms with Crippen molar-refractivity contribution in [2.45, 2.75) is 18.6 Å². The Morgan fingerprint density at radius 3 is 2.82 bits per heavy atom. The zero-order chi connectivity index (χ0) is 12.8. The Balaban J connectivity index is 2.87. The number of aliphatic hydroxyl groups is 2. The second kappa shape index (κ2) is 6.29. The van der Waals surface area contributed by atoms with Gasteiger partial charge >= 0.3 is 5.97 Å². The van der Waals surface area contributed by atoms with Crippen LogP contribution in [-0.4, -0.2) is 46.0 Å². The summed E-state index contributed by atoms with van der Waals surface area (Å²) in [6, 6.07) is 2.97. The number of aromatic carboxylic acids is 1. The van der Waals surface area contributed by atoms with Crippen LogP contribution in [0.5, 0.6) is 0 Å². The van der Waals surface area contributed by atoms with E-state index >= 15 is 0 Å². The lowest BCUT2D eigenvalue weighted by atomic mass is 10.0. The Morgan fingerprint density at radius 2 is 2.24 bits per heavy atom. The number of rotatable bonds is 6. The molecule has 4 N–H and O–H groups in total. The topological polar surface area (TPSA) is 103 Å². The van der Waals surface area contributed by atoms with Crippen LogP contribution in [0.4, 0.5) is 0 Å². The molecule has 1 rings (SSSR count). The van der Waals surface area contributed by atoms with Gasteiger partial charge < -0.3 is 20.6 Å². The van der Waals surface area contributed by atoms with Crippen LogP contribution >= 0.6 is 0 Å². The first kappa shape index (κ1) is 13.6. The number of aromatic nitrogens is 1. The van der Waals surface area contributed by atoms with E-state index in [9.17, 15) is 15.0 Å². The maximum absolute atomic E-state index is 10.9. The summed E-state index contributed by atoms with van der Waals surface area (Å²) in [6.45, 7) is 0.529. The Hall–Kier alpha value is -1.50. The van der Waals surface area contributed by atoms with E-state index < -0.39 is 18.2 Å². The van der Waals surface area contributed by atoms with Crippen LogP contribution < -0.4 is 5.32 Å². The van der Waals surface area contributed by atoms with Crippen LogP contribution in [0.3, 0.4) is 0 Å². The van der Waals surface area contributed by atoms with Gasteiger partial charge in [-0.15, -0.1) is 0 Å². The summed E-state index contributed by atoms with van der Waals surface area (Å²) in [6.07, 6.45) is -0.612. The lowest BCUT2D eigenvalue weighted by Crippen LogP contribution is -2.25. The average molecular weight is 240 g/mol. The molecule has 1 aromatic rings. The summed E-state index contributed by atoms with van der Waals surface area (Å²) in [5.74, 6) is -1.22. The highest BCUT2D eigenvalue weighted by Crippen LogP contribution is 2.21. The molecule has 0 aliphatic heterocycles. The number of carboxylic acids is 1. The van der Waals surface area contributed by atoms with E-state index in [1.165, 1.54) is 18.3 Å². The van der Waals surface area contributed by atoms with Crippen LogP contribution in [0, 0.1) is 0 Å². The van der Waals surface area contributed by atoms with Crippen molar-refractivity contribution in [3.05, 3.63) is 29.6 Å². The van der Waals surface area contributed by atoms with Crippen molar-refractivity contribution < 1.29 is 20.1 Å². The number of nitrogens with one attached hydrogen (secondary N) is 1. The van der Waals surface area contributed by atoms with Gasteiger partial charge in [0, 0.05) is 11.8 Å². The molecule has 2 unspecified atom stereocenters. The summed E-state index contributed by atoms with van der Waals surface area (Å²) in [5.41, 5.74) is -0.105. The molecule has 0 saturated carbocycles. The zero-order valence-corrected chi connectivity index (χ0v) is 9.50. The molecule has 0 radical (unpaired) electrons. The van der Waals surface area contributed by atoms with E-state index in [1.54, 1.807) is 7.05 Å². The molecule has 0 spiro atoms. The minimum absolute atomic E-state index is 0.128. The van der Waals surface area contributed by atoms with Crippen LogP contribution in [-0.2, 0) is 0 Å². The predicted molar refractivity (Wildman–Crippen MR) is 60.7 cm³/mol. The Morgan fingerprint density at radius 1 is 1.53 bits per heavy atom. The maximum atomic E-state index is 10.9. The van der Waals surface area contributed by atoms with Gasteiger partial charge in [0.05, 0.1) is 6.10 Å². The van der Waals surface area contributed by atoms with Crippen molar-refractivity contribution in [1.82, 2.24) is 10.3 Å². The fraction of sp³-hybridized carbons (Fsp3) is 0.455. The largest absolute Gasteiger partial charge is 0.477 e. The van der Waals surface area contributed by atoms with Gasteiger partial charge in [0.15, 0.2) is 5.69 Å². The van der Waals surface area contributed by atoms with Crippen molar-refractivity contribution in [3.8, 4) is 0 Å². The summed E-state index contributed by atoms with van der Waals surface area (Å²) in [7, 11) is 1.73. The van der Waals surface area contributed by atoms with Crippen molar-refractivity contribution in [2.24, 2.45) is 0 Å². The van der Waals surface area contributed by atoms with E-state index in [1.807, 2.05) is 0 Å². The van der Waals surface area contributed by atoms with E-state index in [4.69, 9.17) is 5.11 Å². The average Bonchev–Trinajstić information content (AvgIpc) is 2.34. The van der Waals surface area contributed by atoms with Crippen molar-refractivity contribution in [2.75, 3.05) is 13.6 Å². The number of carboxylic acid groups (broad SMARTS) is 1. The lowest BCUT2D eigenvalue weighted by Gasteiger charge is -2.18. The molecule has 6 heteroatoms.